The second-order valence-electron chi connectivity index (χ2n) is 4.10. The molecule has 0 bridgehead atoms. The molecule has 0 radical (unpaired) electrons. The smallest absolute Gasteiger partial charge is 0.476 e. The zero-order valence-electron chi connectivity index (χ0n) is 11.5. The molecule has 1 aromatic heterocycles. The van der Waals surface area contributed by atoms with Gasteiger partial charge in [-0.3, -0.25) is 18.4 Å². The van der Waals surface area contributed by atoms with Gasteiger partial charge in [0.25, 0.3) is 0 Å². The lowest BCUT2D eigenvalue weighted by Crippen LogP contribution is -2.15. The molecule has 1 heterocycles. The third-order valence-corrected chi connectivity index (χ3v) is 4.22. The van der Waals surface area contributed by atoms with Crippen molar-refractivity contribution in [3.63, 3.8) is 0 Å². The van der Waals surface area contributed by atoms with Gasteiger partial charge in [0.05, 0.1) is 10.9 Å². The Kier molecular flexibility index (Phi) is 4.55. The third kappa shape index (κ3) is 2.85. The van der Waals surface area contributed by atoms with Crippen LogP contribution in [0.25, 0.3) is 11.0 Å². The lowest BCUT2D eigenvalue weighted by atomic mass is 10.1. The Hall–Kier alpha value is -1.90. The number of phosphoric ester groups is 1. The maximum absolute atomic E-state index is 12.2. The van der Waals surface area contributed by atoms with E-state index in [0.717, 1.165) is 26.5 Å². The van der Waals surface area contributed by atoms with E-state index in [1.54, 1.807) is 0 Å². The molecule has 120 valence electrons. The van der Waals surface area contributed by atoms with Crippen LogP contribution >= 0.6 is 7.82 Å². The monoisotopic (exact) mass is 332 g/mol. The van der Waals surface area contributed by atoms with Gasteiger partial charge < -0.3 is 19.7 Å². The van der Waals surface area contributed by atoms with E-state index in [1.807, 2.05) is 0 Å². The average Bonchev–Trinajstić information content (AvgIpc) is 2.51. The highest BCUT2D eigenvalue weighted by atomic mass is 31.2. The second-order valence-corrected chi connectivity index (χ2v) is 5.94. The van der Waals surface area contributed by atoms with Gasteiger partial charge in [-0.25, -0.2) is 4.57 Å². The number of phosphoric acid groups is 1. The van der Waals surface area contributed by atoms with Crippen molar-refractivity contribution in [3.05, 3.63) is 34.2 Å². The fraction of sp³-hybridized carbons (Fsp3) is 0.250. The standard InChI is InChI=1S/C12H13O9P/c1-18-22(17,19-2)21-12(16)7-5-20-11-6(9(7)14)3-4-8(13)10(11)15/h3-5,12-13,15-16H,1-2H3. The summed E-state index contributed by atoms with van der Waals surface area (Å²) in [4.78, 5) is 12.2. The van der Waals surface area contributed by atoms with Crippen molar-refractivity contribution in [2.45, 2.75) is 6.29 Å². The lowest BCUT2D eigenvalue weighted by molar-refractivity contribution is -0.0466. The summed E-state index contributed by atoms with van der Waals surface area (Å²) in [5.41, 5.74) is -1.39. The molecule has 1 aromatic carbocycles. The van der Waals surface area contributed by atoms with E-state index >= 15 is 0 Å². The van der Waals surface area contributed by atoms with E-state index in [-0.39, 0.29) is 16.5 Å². The summed E-state index contributed by atoms with van der Waals surface area (Å²) in [7, 11) is -1.94. The van der Waals surface area contributed by atoms with Crippen LogP contribution in [0.4, 0.5) is 0 Å². The lowest BCUT2D eigenvalue weighted by Gasteiger charge is -2.17. The minimum Gasteiger partial charge on any atom is -0.504 e. The topological polar surface area (TPSA) is 136 Å². The van der Waals surface area contributed by atoms with Crippen LogP contribution in [0.2, 0.25) is 0 Å². The Morgan fingerprint density at radius 3 is 2.45 bits per heavy atom. The van der Waals surface area contributed by atoms with Gasteiger partial charge in [-0.2, -0.15) is 0 Å². The van der Waals surface area contributed by atoms with E-state index in [0.29, 0.717) is 0 Å². The first-order valence-corrected chi connectivity index (χ1v) is 7.33. The average molecular weight is 332 g/mol. The Bertz CT molecular complexity index is 789. The van der Waals surface area contributed by atoms with E-state index in [9.17, 15) is 24.7 Å². The highest BCUT2D eigenvalue weighted by Gasteiger charge is 2.30. The molecule has 0 aliphatic heterocycles. The predicted octanol–water partition coefficient (Wildman–Crippen LogP) is 1.61. The molecule has 2 rings (SSSR count). The molecule has 1 unspecified atom stereocenters. The number of phenolic OH excluding ortho intramolecular Hbond substituents is 2. The predicted molar refractivity (Wildman–Crippen MR) is 73.5 cm³/mol. The third-order valence-electron chi connectivity index (χ3n) is 2.86. The van der Waals surface area contributed by atoms with Gasteiger partial charge in [0, 0.05) is 14.2 Å². The van der Waals surface area contributed by atoms with Crippen molar-refractivity contribution in [2.75, 3.05) is 14.2 Å². The van der Waals surface area contributed by atoms with Crippen LogP contribution in [0.1, 0.15) is 11.9 Å². The number of aliphatic hydroxyl groups excluding tert-OH is 1. The number of fused-ring (bicyclic) bond motifs is 1. The van der Waals surface area contributed by atoms with Gasteiger partial charge in [0.1, 0.15) is 6.26 Å². The first kappa shape index (κ1) is 16.5. The summed E-state index contributed by atoms with van der Waals surface area (Å²) in [5, 5.41) is 28.7. The normalized spacial score (nSPS) is 13.4. The zero-order valence-corrected chi connectivity index (χ0v) is 12.4. The Balaban J connectivity index is 2.50. The number of phenols is 2. The number of benzene rings is 1. The first-order valence-electron chi connectivity index (χ1n) is 5.87. The van der Waals surface area contributed by atoms with Crippen molar-refractivity contribution >= 4 is 18.8 Å². The molecule has 0 spiro atoms. The zero-order chi connectivity index (χ0) is 16.5. The number of hydrogen-bond acceptors (Lipinski definition) is 9. The molecule has 0 fully saturated rings. The van der Waals surface area contributed by atoms with Crippen molar-refractivity contribution in [1.82, 2.24) is 0 Å². The molecule has 0 saturated carbocycles. The van der Waals surface area contributed by atoms with Gasteiger partial charge in [0.2, 0.25) is 11.2 Å². The summed E-state index contributed by atoms with van der Waals surface area (Å²) in [6.07, 6.45) is -1.13. The van der Waals surface area contributed by atoms with Gasteiger partial charge in [-0.1, -0.05) is 0 Å². The van der Waals surface area contributed by atoms with Crippen molar-refractivity contribution in [1.29, 1.82) is 0 Å². The molecule has 3 N–H and O–H groups in total. The number of aromatic hydroxyl groups is 2. The molecule has 10 heteroatoms. The number of hydrogen-bond donors (Lipinski definition) is 3. The van der Waals surface area contributed by atoms with Gasteiger partial charge in [0.15, 0.2) is 17.6 Å². The van der Waals surface area contributed by atoms with E-state index < -0.39 is 31.0 Å². The van der Waals surface area contributed by atoms with Crippen molar-refractivity contribution in [2.24, 2.45) is 0 Å². The maximum Gasteiger partial charge on any atom is 0.476 e. The van der Waals surface area contributed by atoms with Crippen LogP contribution in [-0.2, 0) is 18.1 Å². The van der Waals surface area contributed by atoms with Gasteiger partial charge in [-0.05, 0) is 12.1 Å². The highest BCUT2D eigenvalue weighted by molar-refractivity contribution is 7.48. The van der Waals surface area contributed by atoms with Crippen molar-refractivity contribution < 1.29 is 37.9 Å². The molecule has 1 atom stereocenters. The van der Waals surface area contributed by atoms with E-state index in [4.69, 9.17) is 8.94 Å². The molecule has 0 amide bonds. The fourth-order valence-electron chi connectivity index (χ4n) is 1.70. The molecule has 0 saturated heterocycles. The summed E-state index contributed by atoms with van der Waals surface area (Å²) in [6, 6.07) is 2.28. The van der Waals surface area contributed by atoms with Crippen LogP contribution in [0.5, 0.6) is 11.5 Å². The van der Waals surface area contributed by atoms with Gasteiger partial charge >= 0.3 is 7.82 Å². The molecule has 9 nitrogen and oxygen atoms in total. The molecule has 0 aliphatic rings. The maximum atomic E-state index is 12.2. The van der Waals surface area contributed by atoms with E-state index in [2.05, 4.69) is 9.05 Å². The minimum atomic E-state index is -4.02. The molecule has 22 heavy (non-hydrogen) atoms. The summed E-state index contributed by atoms with van der Waals surface area (Å²) < 4.78 is 30.5. The molecule has 2 aromatic rings. The number of rotatable bonds is 5. The first-order chi connectivity index (χ1) is 10.3. The van der Waals surface area contributed by atoms with Crippen LogP contribution in [0.3, 0.4) is 0 Å². The minimum absolute atomic E-state index is 0.111. The fourth-order valence-corrected chi connectivity index (χ4v) is 2.38. The van der Waals surface area contributed by atoms with Crippen molar-refractivity contribution in [3.8, 4) is 11.5 Å². The Morgan fingerprint density at radius 2 is 1.86 bits per heavy atom. The van der Waals surface area contributed by atoms with Gasteiger partial charge in [-0.15, -0.1) is 0 Å². The molecular formula is C12H13O9P. The quantitative estimate of drug-likeness (QED) is 0.424. The summed E-state index contributed by atoms with van der Waals surface area (Å²) in [5.74, 6) is -1.08. The van der Waals surface area contributed by atoms with Crippen LogP contribution in [-0.4, -0.2) is 29.5 Å². The highest BCUT2D eigenvalue weighted by Crippen LogP contribution is 2.50. The second kappa shape index (κ2) is 6.07. The largest absolute Gasteiger partial charge is 0.504 e. The SMILES string of the molecule is COP(=O)(OC)OC(O)c1coc2c(O)c(O)ccc2c1=O. The Labute approximate surface area is 123 Å². The van der Waals surface area contributed by atoms with Crippen LogP contribution in [0, 0.1) is 0 Å². The molecule has 0 aliphatic carbocycles. The summed E-state index contributed by atoms with van der Waals surface area (Å²) in [6.45, 7) is 0. The summed E-state index contributed by atoms with van der Waals surface area (Å²) >= 11 is 0. The Morgan fingerprint density at radius 1 is 1.23 bits per heavy atom. The van der Waals surface area contributed by atoms with E-state index in [1.165, 1.54) is 6.07 Å². The van der Waals surface area contributed by atoms with Crippen LogP contribution < -0.4 is 5.43 Å². The molecular weight excluding hydrogens is 319 g/mol. The van der Waals surface area contributed by atoms with Crippen LogP contribution in [0.15, 0.2) is 27.6 Å². The number of aliphatic hydroxyl groups is 1.